The van der Waals surface area contributed by atoms with E-state index in [0.29, 0.717) is 0 Å². The number of nitrogens with one attached hydrogen (secondary N) is 3. The fraction of sp³-hybridized carbons (Fsp3) is 0.179. The summed E-state index contributed by atoms with van der Waals surface area (Å²) in [6.45, 7) is 4.00. The van der Waals surface area contributed by atoms with Gasteiger partial charge in [0, 0.05) is 36.6 Å². The molecule has 0 spiro atoms. The van der Waals surface area contributed by atoms with Gasteiger partial charge in [-0.25, -0.2) is 15.0 Å². The Kier molecular flexibility index (Phi) is 5.60. The maximum absolute atomic E-state index is 6.38. The summed E-state index contributed by atoms with van der Waals surface area (Å²) in [7, 11) is 0. The zero-order chi connectivity index (χ0) is 23.6. The first-order valence-corrected chi connectivity index (χ1v) is 11.8. The van der Waals surface area contributed by atoms with Crippen molar-refractivity contribution in [2.45, 2.75) is 25.9 Å². The zero-order valence-corrected chi connectivity index (χ0v) is 19.5. The van der Waals surface area contributed by atoms with Gasteiger partial charge >= 0.3 is 0 Å². The summed E-state index contributed by atoms with van der Waals surface area (Å²) in [4.78, 5) is 16.8. The maximum Gasteiger partial charge on any atom is 0.141 e. The van der Waals surface area contributed by atoms with E-state index in [4.69, 9.17) is 4.74 Å². The summed E-state index contributed by atoms with van der Waals surface area (Å²) >= 11 is 0. The second-order valence-corrected chi connectivity index (χ2v) is 8.76. The van der Waals surface area contributed by atoms with Gasteiger partial charge in [-0.3, -0.25) is 0 Å². The van der Waals surface area contributed by atoms with Gasteiger partial charge in [0.1, 0.15) is 29.3 Å². The molecule has 7 heteroatoms. The highest BCUT2D eigenvalue weighted by Gasteiger charge is 2.16. The lowest BCUT2D eigenvalue weighted by molar-refractivity contribution is 0.485. The SMILES string of the molecule is C[C@@H](Nc1cc(-c2c[nH]c3nccc(Oc4ccc5c(c4)CNCC5)c23)ncn1)c1ccccc1. The number of ether oxygens (including phenoxy) is 1. The molecule has 7 nitrogen and oxygen atoms in total. The summed E-state index contributed by atoms with van der Waals surface area (Å²) in [6.07, 6.45) is 6.31. The van der Waals surface area contributed by atoms with Crippen molar-refractivity contribution in [3.05, 3.63) is 96.1 Å². The highest BCUT2D eigenvalue weighted by atomic mass is 16.5. The predicted molar refractivity (Wildman–Crippen MR) is 138 cm³/mol. The van der Waals surface area contributed by atoms with Crippen LogP contribution in [-0.2, 0) is 13.0 Å². The van der Waals surface area contributed by atoms with E-state index in [2.05, 4.69) is 61.8 Å². The van der Waals surface area contributed by atoms with E-state index >= 15 is 0 Å². The van der Waals surface area contributed by atoms with Gasteiger partial charge in [0.05, 0.1) is 11.1 Å². The lowest BCUT2D eigenvalue weighted by Gasteiger charge is -2.18. The third-order valence-corrected chi connectivity index (χ3v) is 6.43. The minimum absolute atomic E-state index is 0.112. The Morgan fingerprint density at radius 1 is 0.971 bits per heavy atom. The van der Waals surface area contributed by atoms with Crippen LogP contribution in [0.5, 0.6) is 11.5 Å². The lowest BCUT2D eigenvalue weighted by Crippen LogP contribution is -2.23. The van der Waals surface area contributed by atoms with Crippen molar-refractivity contribution in [2.75, 3.05) is 11.9 Å². The summed E-state index contributed by atoms with van der Waals surface area (Å²) in [6, 6.07) is 20.6. The van der Waals surface area contributed by atoms with Crippen LogP contribution < -0.4 is 15.4 Å². The largest absolute Gasteiger partial charge is 0.457 e. The molecule has 0 saturated heterocycles. The van der Waals surface area contributed by atoms with E-state index in [0.717, 1.165) is 59.1 Å². The molecule has 1 atom stereocenters. The van der Waals surface area contributed by atoms with Gasteiger partial charge < -0.3 is 20.4 Å². The number of benzene rings is 2. The van der Waals surface area contributed by atoms with Gasteiger partial charge in [-0.15, -0.1) is 0 Å². The van der Waals surface area contributed by atoms with Crippen molar-refractivity contribution in [3.63, 3.8) is 0 Å². The normalized spacial score (nSPS) is 13.9. The summed E-state index contributed by atoms with van der Waals surface area (Å²) in [5.74, 6) is 2.31. The molecule has 4 heterocycles. The first kappa shape index (κ1) is 21.3. The van der Waals surface area contributed by atoms with Crippen LogP contribution in [0, 0.1) is 0 Å². The van der Waals surface area contributed by atoms with Crippen LogP contribution in [0.15, 0.2) is 79.4 Å². The fourth-order valence-corrected chi connectivity index (χ4v) is 4.59. The van der Waals surface area contributed by atoms with E-state index in [1.807, 2.05) is 42.6 Å². The average molecular weight is 463 g/mol. The van der Waals surface area contributed by atoms with Gasteiger partial charge in [0.15, 0.2) is 0 Å². The minimum atomic E-state index is 0.112. The van der Waals surface area contributed by atoms with Gasteiger partial charge in [-0.05, 0) is 54.8 Å². The Labute approximate surface area is 203 Å². The van der Waals surface area contributed by atoms with Crippen LogP contribution in [-0.4, -0.2) is 26.5 Å². The molecule has 3 N–H and O–H groups in total. The van der Waals surface area contributed by atoms with E-state index in [-0.39, 0.29) is 6.04 Å². The van der Waals surface area contributed by atoms with Crippen molar-refractivity contribution >= 4 is 16.9 Å². The number of hydrogen-bond donors (Lipinski definition) is 3. The summed E-state index contributed by atoms with van der Waals surface area (Å²) in [5, 5.41) is 7.80. The highest BCUT2D eigenvalue weighted by Crippen LogP contribution is 2.37. The molecule has 1 aliphatic heterocycles. The van der Waals surface area contributed by atoms with E-state index < -0.39 is 0 Å². The van der Waals surface area contributed by atoms with Crippen LogP contribution in [0.25, 0.3) is 22.3 Å². The molecule has 1 aliphatic rings. The third-order valence-electron chi connectivity index (χ3n) is 6.43. The molecule has 0 fully saturated rings. The van der Waals surface area contributed by atoms with Gasteiger partial charge in [0.25, 0.3) is 0 Å². The highest BCUT2D eigenvalue weighted by molar-refractivity contribution is 5.97. The van der Waals surface area contributed by atoms with Crippen LogP contribution >= 0.6 is 0 Å². The quantitative estimate of drug-likeness (QED) is 0.303. The average Bonchev–Trinajstić information content (AvgIpc) is 3.35. The molecule has 0 amide bonds. The third kappa shape index (κ3) is 4.34. The monoisotopic (exact) mass is 462 g/mol. The molecule has 0 saturated carbocycles. The van der Waals surface area contributed by atoms with Gasteiger partial charge in [-0.2, -0.15) is 0 Å². The molecule has 174 valence electrons. The zero-order valence-electron chi connectivity index (χ0n) is 19.5. The van der Waals surface area contributed by atoms with Crippen LogP contribution in [0.2, 0.25) is 0 Å². The molecular weight excluding hydrogens is 436 g/mol. The van der Waals surface area contributed by atoms with Gasteiger partial charge in [-0.1, -0.05) is 36.4 Å². The molecule has 0 bridgehead atoms. The topological polar surface area (TPSA) is 87.8 Å². The number of H-pyrrole nitrogens is 1. The van der Waals surface area contributed by atoms with E-state index in [9.17, 15) is 0 Å². The number of nitrogens with zero attached hydrogens (tertiary/aromatic N) is 3. The molecule has 2 aromatic carbocycles. The van der Waals surface area contributed by atoms with Crippen molar-refractivity contribution < 1.29 is 4.74 Å². The first-order chi connectivity index (χ1) is 17.2. The predicted octanol–water partition coefficient (Wildman–Crippen LogP) is 5.63. The Hall–Kier alpha value is -4.23. The van der Waals surface area contributed by atoms with Crippen molar-refractivity contribution in [1.82, 2.24) is 25.3 Å². The number of aromatic amines is 1. The Morgan fingerprint density at radius 2 is 1.89 bits per heavy atom. The fourth-order valence-electron chi connectivity index (χ4n) is 4.59. The second-order valence-electron chi connectivity index (χ2n) is 8.76. The Morgan fingerprint density at radius 3 is 2.80 bits per heavy atom. The lowest BCUT2D eigenvalue weighted by atomic mass is 10.0. The first-order valence-electron chi connectivity index (χ1n) is 11.8. The summed E-state index contributed by atoms with van der Waals surface area (Å²) < 4.78 is 6.38. The number of fused-ring (bicyclic) bond motifs is 2. The van der Waals surface area contributed by atoms with Gasteiger partial charge in [0.2, 0.25) is 0 Å². The Bertz CT molecular complexity index is 1480. The second kappa shape index (κ2) is 9.19. The molecule has 0 radical (unpaired) electrons. The molecule has 5 aromatic rings. The van der Waals surface area contributed by atoms with Crippen molar-refractivity contribution in [3.8, 4) is 22.8 Å². The van der Waals surface area contributed by atoms with E-state index in [1.54, 1.807) is 12.5 Å². The number of rotatable bonds is 6. The van der Waals surface area contributed by atoms with Crippen LogP contribution in [0.1, 0.15) is 29.7 Å². The number of aromatic nitrogens is 4. The molecule has 35 heavy (non-hydrogen) atoms. The smallest absolute Gasteiger partial charge is 0.141 e. The summed E-state index contributed by atoms with van der Waals surface area (Å²) in [5.41, 5.74) is 6.32. The minimum Gasteiger partial charge on any atom is -0.457 e. The molecule has 0 aliphatic carbocycles. The van der Waals surface area contributed by atoms with Crippen LogP contribution in [0.4, 0.5) is 5.82 Å². The Balaban J connectivity index is 1.32. The van der Waals surface area contributed by atoms with E-state index in [1.165, 1.54) is 16.7 Å². The van der Waals surface area contributed by atoms with Crippen LogP contribution in [0.3, 0.4) is 0 Å². The molecule has 0 unspecified atom stereocenters. The maximum atomic E-state index is 6.38. The van der Waals surface area contributed by atoms with Crippen molar-refractivity contribution in [1.29, 1.82) is 0 Å². The standard InChI is InChI=1S/C28H26N6O/c1-18(19-5-3-2-4-6-19)34-26-14-24(32-17-33-26)23-16-31-28-27(23)25(10-12-30-28)35-22-8-7-20-9-11-29-15-21(20)13-22/h2-8,10,12-14,16-18,29H,9,11,15H2,1H3,(H,30,31)(H,32,33,34)/t18-/m1/s1. The molecular formula is C28H26N6O. The number of anilines is 1. The molecule has 6 rings (SSSR count). The number of pyridine rings is 1. The molecule has 3 aromatic heterocycles. The number of hydrogen-bond acceptors (Lipinski definition) is 6. The van der Waals surface area contributed by atoms with Crippen molar-refractivity contribution in [2.24, 2.45) is 0 Å².